The van der Waals surface area contributed by atoms with Crippen LogP contribution in [0, 0.1) is 24.0 Å². The standard InChI is InChI=1S/C27H20N4O5S/c1-15-6-7-18(12-16(15)2)26-29-21-14-19(8-9-23(21)36-26)28-27(37)30-25(32)24-11-10-22(35-24)17-4-3-5-20(13-17)31(33)34/h3-14H,1-2H3,(H2,28,30,32,37). The van der Waals surface area contributed by atoms with Crippen molar-refractivity contribution in [2.45, 2.75) is 13.8 Å². The van der Waals surface area contributed by atoms with Crippen molar-refractivity contribution in [3.05, 3.63) is 99.8 Å². The number of nitro groups is 1. The molecule has 0 aliphatic carbocycles. The lowest BCUT2D eigenvalue weighted by Gasteiger charge is -2.08. The summed E-state index contributed by atoms with van der Waals surface area (Å²) in [7, 11) is 0. The van der Waals surface area contributed by atoms with Crippen LogP contribution in [0.25, 0.3) is 33.9 Å². The highest BCUT2D eigenvalue weighted by Crippen LogP contribution is 2.28. The van der Waals surface area contributed by atoms with Crippen LogP contribution in [0.3, 0.4) is 0 Å². The highest BCUT2D eigenvalue weighted by atomic mass is 32.1. The van der Waals surface area contributed by atoms with Crippen molar-refractivity contribution in [1.82, 2.24) is 10.3 Å². The molecule has 0 fully saturated rings. The van der Waals surface area contributed by atoms with Gasteiger partial charge in [-0.2, -0.15) is 0 Å². The maximum absolute atomic E-state index is 12.6. The summed E-state index contributed by atoms with van der Waals surface area (Å²) in [4.78, 5) is 27.7. The van der Waals surface area contributed by atoms with E-state index in [1.807, 2.05) is 32.0 Å². The lowest BCUT2D eigenvalue weighted by molar-refractivity contribution is -0.384. The third kappa shape index (κ3) is 5.09. The first-order chi connectivity index (χ1) is 17.8. The molecule has 0 unspecified atom stereocenters. The zero-order chi connectivity index (χ0) is 26.1. The zero-order valence-corrected chi connectivity index (χ0v) is 20.6. The fourth-order valence-electron chi connectivity index (χ4n) is 3.72. The van der Waals surface area contributed by atoms with Crippen molar-refractivity contribution >= 4 is 45.7 Å². The minimum atomic E-state index is -0.561. The number of hydrogen-bond acceptors (Lipinski definition) is 7. The number of aryl methyl sites for hydroxylation is 2. The van der Waals surface area contributed by atoms with E-state index in [4.69, 9.17) is 21.1 Å². The minimum Gasteiger partial charge on any atom is -0.451 e. The van der Waals surface area contributed by atoms with Gasteiger partial charge >= 0.3 is 0 Å². The number of aromatic nitrogens is 1. The summed E-state index contributed by atoms with van der Waals surface area (Å²) in [6, 6.07) is 20.3. The molecular weight excluding hydrogens is 492 g/mol. The Morgan fingerprint density at radius 1 is 0.946 bits per heavy atom. The summed E-state index contributed by atoms with van der Waals surface area (Å²) in [5.41, 5.74) is 5.52. The largest absolute Gasteiger partial charge is 0.451 e. The molecule has 184 valence electrons. The third-order valence-electron chi connectivity index (χ3n) is 5.80. The number of anilines is 1. The maximum Gasteiger partial charge on any atom is 0.293 e. The average Bonchev–Trinajstić information content (AvgIpc) is 3.53. The number of fused-ring (bicyclic) bond motifs is 1. The average molecular weight is 513 g/mol. The van der Waals surface area contributed by atoms with E-state index in [9.17, 15) is 14.9 Å². The number of carbonyl (C=O) groups is 1. The van der Waals surface area contributed by atoms with Gasteiger partial charge in [0.25, 0.3) is 11.6 Å². The van der Waals surface area contributed by atoms with E-state index in [-0.39, 0.29) is 16.6 Å². The molecule has 10 heteroatoms. The van der Waals surface area contributed by atoms with Crippen LogP contribution in [0.2, 0.25) is 0 Å². The predicted molar refractivity (Wildman–Crippen MR) is 143 cm³/mol. The second-order valence-electron chi connectivity index (χ2n) is 8.38. The molecule has 0 radical (unpaired) electrons. The summed E-state index contributed by atoms with van der Waals surface area (Å²) >= 11 is 5.29. The predicted octanol–water partition coefficient (Wildman–Crippen LogP) is 6.41. The van der Waals surface area contributed by atoms with Crippen molar-refractivity contribution in [2.75, 3.05) is 5.32 Å². The highest BCUT2D eigenvalue weighted by Gasteiger charge is 2.16. The highest BCUT2D eigenvalue weighted by molar-refractivity contribution is 7.80. The minimum absolute atomic E-state index is 0.00985. The molecule has 0 saturated heterocycles. The Labute approximate surface area is 216 Å². The van der Waals surface area contributed by atoms with Crippen LogP contribution in [0.4, 0.5) is 11.4 Å². The SMILES string of the molecule is Cc1ccc(-c2nc3cc(NC(=S)NC(=O)c4ccc(-c5cccc([N+](=O)[O-])c5)o4)ccc3o2)cc1C. The van der Waals surface area contributed by atoms with Gasteiger partial charge in [-0.15, -0.1) is 0 Å². The summed E-state index contributed by atoms with van der Waals surface area (Å²) < 4.78 is 11.5. The molecule has 1 amide bonds. The molecule has 0 saturated carbocycles. The van der Waals surface area contributed by atoms with Gasteiger partial charge < -0.3 is 14.2 Å². The molecule has 9 nitrogen and oxygen atoms in total. The first kappa shape index (κ1) is 23.9. The van der Waals surface area contributed by atoms with E-state index in [0.717, 1.165) is 11.1 Å². The normalized spacial score (nSPS) is 10.9. The Kier molecular flexibility index (Phi) is 6.24. The molecule has 2 aromatic heterocycles. The van der Waals surface area contributed by atoms with E-state index < -0.39 is 10.8 Å². The summed E-state index contributed by atoms with van der Waals surface area (Å²) in [5, 5.41) is 16.6. The number of furan rings is 1. The van der Waals surface area contributed by atoms with Crippen LogP contribution in [0.15, 0.2) is 81.6 Å². The molecule has 5 rings (SSSR count). The van der Waals surface area contributed by atoms with E-state index in [2.05, 4.69) is 15.6 Å². The van der Waals surface area contributed by atoms with Crippen molar-refractivity contribution < 1.29 is 18.6 Å². The number of nitrogens with one attached hydrogen (secondary N) is 2. The summed E-state index contributed by atoms with van der Waals surface area (Å²) in [6.45, 7) is 4.09. The molecule has 2 heterocycles. The molecule has 37 heavy (non-hydrogen) atoms. The smallest absolute Gasteiger partial charge is 0.293 e. The summed E-state index contributed by atoms with van der Waals surface area (Å²) in [6.07, 6.45) is 0. The van der Waals surface area contributed by atoms with Crippen LogP contribution in [-0.4, -0.2) is 20.9 Å². The van der Waals surface area contributed by atoms with Crippen molar-refractivity contribution in [3.63, 3.8) is 0 Å². The quantitative estimate of drug-likeness (QED) is 0.157. The molecule has 0 spiro atoms. The molecule has 0 atom stereocenters. The Morgan fingerprint density at radius 3 is 2.57 bits per heavy atom. The Bertz CT molecular complexity index is 1690. The molecule has 0 bridgehead atoms. The van der Waals surface area contributed by atoms with Gasteiger partial charge in [-0.05, 0) is 79.7 Å². The van der Waals surface area contributed by atoms with Crippen molar-refractivity contribution in [3.8, 4) is 22.8 Å². The molecular formula is C27H20N4O5S. The van der Waals surface area contributed by atoms with Crippen LogP contribution in [-0.2, 0) is 0 Å². The number of thiocarbonyl (C=S) groups is 1. The molecule has 0 aliphatic rings. The van der Waals surface area contributed by atoms with Crippen molar-refractivity contribution in [1.29, 1.82) is 0 Å². The van der Waals surface area contributed by atoms with E-state index >= 15 is 0 Å². The van der Waals surface area contributed by atoms with E-state index in [1.165, 1.54) is 23.8 Å². The van der Waals surface area contributed by atoms with Crippen molar-refractivity contribution in [2.24, 2.45) is 0 Å². The topological polar surface area (TPSA) is 123 Å². The Balaban J connectivity index is 1.26. The fourth-order valence-corrected chi connectivity index (χ4v) is 3.93. The first-order valence-electron chi connectivity index (χ1n) is 11.2. The van der Waals surface area contributed by atoms with Gasteiger partial charge in [0.2, 0.25) is 5.89 Å². The Morgan fingerprint density at radius 2 is 1.78 bits per heavy atom. The molecule has 5 aromatic rings. The van der Waals surface area contributed by atoms with Crippen LogP contribution < -0.4 is 10.6 Å². The second kappa shape index (κ2) is 9.67. The molecule has 3 aromatic carbocycles. The zero-order valence-electron chi connectivity index (χ0n) is 19.8. The van der Waals surface area contributed by atoms with Gasteiger partial charge in [0, 0.05) is 28.9 Å². The maximum atomic E-state index is 12.6. The van der Waals surface area contributed by atoms with Crippen LogP contribution >= 0.6 is 12.2 Å². The van der Waals surface area contributed by atoms with Gasteiger partial charge in [0.15, 0.2) is 16.5 Å². The van der Waals surface area contributed by atoms with Gasteiger partial charge in [-0.25, -0.2) is 4.98 Å². The number of nitrogens with zero attached hydrogens (tertiary/aromatic N) is 2. The fraction of sp³-hybridized carbons (Fsp3) is 0.0741. The van der Waals surface area contributed by atoms with E-state index in [1.54, 1.807) is 36.4 Å². The van der Waals surface area contributed by atoms with Gasteiger partial charge in [-0.3, -0.25) is 20.2 Å². The molecule has 0 aliphatic heterocycles. The number of non-ortho nitro benzene ring substituents is 1. The number of hydrogen-bond donors (Lipinski definition) is 2. The van der Waals surface area contributed by atoms with Crippen LogP contribution in [0.5, 0.6) is 0 Å². The number of nitro benzene ring substituents is 1. The number of rotatable bonds is 5. The van der Waals surface area contributed by atoms with Gasteiger partial charge in [0.05, 0.1) is 4.92 Å². The monoisotopic (exact) mass is 512 g/mol. The summed E-state index contributed by atoms with van der Waals surface area (Å²) in [5.74, 6) is 0.289. The van der Waals surface area contributed by atoms with Gasteiger partial charge in [0.1, 0.15) is 11.3 Å². The first-order valence-corrected chi connectivity index (χ1v) is 11.6. The number of amides is 1. The third-order valence-corrected chi connectivity index (χ3v) is 6.00. The second-order valence-corrected chi connectivity index (χ2v) is 8.79. The van der Waals surface area contributed by atoms with Crippen LogP contribution in [0.1, 0.15) is 21.7 Å². The lowest BCUT2D eigenvalue weighted by Crippen LogP contribution is -2.33. The number of benzene rings is 3. The number of oxazole rings is 1. The van der Waals surface area contributed by atoms with E-state index in [0.29, 0.717) is 34.0 Å². The molecule has 2 N–H and O–H groups in total. The Hall–Kier alpha value is -4.83. The number of carbonyl (C=O) groups excluding carboxylic acids is 1. The van der Waals surface area contributed by atoms with Gasteiger partial charge in [-0.1, -0.05) is 18.2 Å². The lowest BCUT2D eigenvalue weighted by atomic mass is 10.1.